The summed E-state index contributed by atoms with van der Waals surface area (Å²) in [4.78, 5) is 4.11. The van der Waals surface area contributed by atoms with Crippen LogP contribution in [0.15, 0.2) is 24.5 Å². The van der Waals surface area contributed by atoms with E-state index in [2.05, 4.69) is 15.4 Å². The molecule has 2 aromatic rings. The van der Waals surface area contributed by atoms with Crippen molar-refractivity contribution in [3.05, 3.63) is 46.8 Å². The molecule has 1 aromatic heterocycles. The summed E-state index contributed by atoms with van der Waals surface area (Å²) in [6, 6.07) is 4.99. The normalized spacial score (nSPS) is 10.8. The Kier molecular flexibility index (Phi) is 4.28. The van der Waals surface area contributed by atoms with Gasteiger partial charge >= 0.3 is 0 Å². The lowest BCUT2D eigenvalue weighted by Gasteiger charge is -2.05. The minimum Gasteiger partial charge on any atom is -0.312 e. The van der Waals surface area contributed by atoms with Crippen LogP contribution in [0.25, 0.3) is 0 Å². The second-order valence-corrected chi connectivity index (χ2v) is 4.38. The molecule has 0 saturated carbocycles. The third kappa shape index (κ3) is 3.27. The van der Waals surface area contributed by atoms with Gasteiger partial charge in [0.25, 0.3) is 0 Å². The second-order valence-electron chi connectivity index (χ2n) is 3.97. The Morgan fingerprint density at radius 2 is 2.28 bits per heavy atom. The molecule has 4 nitrogen and oxygen atoms in total. The number of hydrogen-bond acceptors (Lipinski definition) is 3. The molecule has 0 radical (unpaired) electrons. The van der Waals surface area contributed by atoms with E-state index in [-0.39, 0.29) is 10.8 Å². The van der Waals surface area contributed by atoms with Gasteiger partial charge in [0.15, 0.2) is 5.82 Å². The number of aryl methyl sites for hydroxylation is 1. The molecule has 0 aliphatic carbocycles. The monoisotopic (exact) mass is 268 g/mol. The van der Waals surface area contributed by atoms with Crippen LogP contribution in [0.2, 0.25) is 5.02 Å². The van der Waals surface area contributed by atoms with E-state index >= 15 is 0 Å². The molecule has 0 fully saturated rings. The van der Waals surface area contributed by atoms with E-state index in [0.29, 0.717) is 25.1 Å². The Balaban J connectivity index is 1.80. The number of nitrogens with one attached hydrogen (secondary N) is 1. The van der Waals surface area contributed by atoms with Gasteiger partial charge in [0, 0.05) is 32.1 Å². The third-order valence-electron chi connectivity index (χ3n) is 2.52. The Labute approximate surface area is 110 Å². The number of aromatic nitrogens is 3. The number of hydrogen-bond donors (Lipinski definition) is 1. The van der Waals surface area contributed by atoms with E-state index in [9.17, 15) is 4.39 Å². The average Bonchev–Trinajstić information content (AvgIpc) is 2.76. The van der Waals surface area contributed by atoms with Crippen molar-refractivity contribution in [1.82, 2.24) is 20.1 Å². The summed E-state index contributed by atoms with van der Waals surface area (Å²) in [6.45, 7) is 1.13. The van der Waals surface area contributed by atoms with Crippen molar-refractivity contribution in [1.29, 1.82) is 0 Å². The maximum atomic E-state index is 13.6. The fourth-order valence-electron chi connectivity index (χ4n) is 1.61. The molecular weight excluding hydrogens is 255 g/mol. The minimum atomic E-state index is -0.359. The van der Waals surface area contributed by atoms with Crippen LogP contribution in [0.3, 0.4) is 0 Å². The van der Waals surface area contributed by atoms with Crippen LogP contribution in [0, 0.1) is 5.82 Å². The smallest absolute Gasteiger partial charge is 0.151 e. The highest BCUT2D eigenvalue weighted by Gasteiger charge is 2.05. The van der Waals surface area contributed by atoms with Gasteiger partial charge in [0.1, 0.15) is 12.1 Å². The number of rotatable bonds is 5. The fraction of sp³-hybridized carbons (Fsp3) is 0.333. The van der Waals surface area contributed by atoms with Crippen LogP contribution >= 0.6 is 11.6 Å². The van der Waals surface area contributed by atoms with Gasteiger partial charge in [-0.2, -0.15) is 5.10 Å². The molecular formula is C12H14ClFN4. The molecule has 96 valence electrons. The minimum absolute atomic E-state index is 0.153. The average molecular weight is 269 g/mol. The molecule has 0 aliphatic heterocycles. The molecule has 1 aromatic carbocycles. The maximum absolute atomic E-state index is 13.6. The highest BCUT2D eigenvalue weighted by Crippen LogP contribution is 2.17. The Morgan fingerprint density at radius 1 is 1.44 bits per heavy atom. The molecule has 1 N–H and O–H groups in total. The lowest BCUT2D eigenvalue weighted by molar-refractivity contribution is 0.586. The van der Waals surface area contributed by atoms with Crippen LogP contribution in [-0.2, 0) is 20.0 Å². The first kappa shape index (κ1) is 13.0. The van der Waals surface area contributed by atoms with Gasteiger partial charge in [0.05, 0.1) is 5.02 Å². The summed E-state index contributed by atoms with van der Waals surface area (Å²) in [6.07, 6.45) is 2.37. The summed E-state index contributed by atoms with van der Waals surface area (Å²) in [5, 5.41) is 7.45. The van der Waals surface area contributed by atoms with Gasteiger partial charge in [0.2, 0.25) is 0 Å². The SMILES string of the molecule is Cn1cnc(CCNCc2cccc(Cl)c2F)n1. The van der Waals surface area contributed by atoms with Gasteiger partial charge < -0.3 is 5.32 Å². The molecule has 6 heteroatoms. The van der Waals surface area contributed by atoms with Gasteiger partial charge in [-0.05, 0) is 6.07 Å². The van der Waals surface area contributed by atoms with Crippen molar-refractivity contribution in [3.63, 3.8) is 0 Å². The first-order chi connectivity index (χ1) is 8.66. The van der Waals surface area contributed by atoms with Crippen molar-refractivity contribution in [2.75, 3.05) is 6.54 Å². The highest BCUT2D eigenvalue weighted by atomic mass is 35.5. The van der Waals surface area contributed by atoms with E-state index in [1.165, 1.54) is 6.07 Å². The zero-order valence-electron chi connectivity index (χ0n) is 10.0. The first-order valence-electron chi connectivity index (χ1n) is 5.65. The fourth-order valence-corrected chi connectivity index (χ4v) is 1.80. The van der Waals surface area contributed by atoms with Crippen molar-refractivity contribution in [3.8, 4) is 0 Å². The quantitative estimate of drug-likeness (QED) is 0.843. The van der Waals surface area contributed by atoms with Crippen molar-refractivity contribution in [2.24, 2.45) is 7.05 Å². The molecule has 0 atom stereocenters. The second kappa shape index (κ2) is 5.93. The van der Waals surface area contributed by atoms with Crippen molar-refractivity contribution in [2.45, 2.75) is 13.0 Å². The molecule has 0 amide bonds. The number of nitrogens with zero attached hydrogens (tertiary/aromatic N) is 3. The zero-order chi connectivity index (χ0) is 13.0. The Morgan fingerprint density at radius 3 is 3.00 bits per heavy atom. The van der Waals surface area contributed by atoms with Gasteiger partial charge in [-0.25, -0.2) is 9.37 Å². The molecule has 0 saturated heterocycles. The van der Waals surface area contributed by atoms with Crippen molar-refractivity contribution >= 4 is 11.6 Å². The van der Waals surface area contributed by atoms with Gasteiger partial charge in [-0.3, -0.25) is 4.68 Å². The largest absolute Gasteiger partial charge is 0.312 e. The zero-order valence-corrected chi connectivity index (χ0v) is 10.8. The molecule has 0 unspecified atom stereocenters. The van der Waals surface area contributed by atoms with Crippen LogP contribution in [0.4, 0.5) is 4.39 Å². The Bertz CT molecular complexity index is 527. The van der Waals surface area contributed by atoms with E-state index in [0.717, 1.165) is 5.82 Å². The van der Waals surface area contributed by atoms with Gasteiger partial charge in [-0.1, -0.05) is 23.7 Å². The molecule has 0 spiro atoms. The molecule has 18 heavy (non-hydrogen) atoms. The third-order valence-corrected chi connectivity index (χ3v) is 2.81. The van der Waals surface area contributed by atoms with Crippen LogP contribution in [-0.4, -0.2) is 21.3 Å². The lowest BCUT2D eigenvalue weighted by atomic mass is 10.2. The van der Waals surface area contributed by atoms with Crippen molar-refractivity contribution < 1.29 is 4.39 Å². The van der Waals surface area contributed by atoms with Crippen LogP contribution in [0.1, 0.15) is 11.4 Å². The summed E-state index contributed by atoms with van der Waals surface area (Å²) < 4.78 is 15.2. The standard InChI is InChI=1S/C12H14ClFN4/c1-18-8-16-11(17-18)5-6-15-7-9-3-2-4-10(13)12(9)14/h2-4,8,15H,5-7H2,1H3. The predicted molar refractivity (Wildman–Crippen MR) is 67.8 cm³/mol. The highest BCUT2D eigenvalue weighted by molar-refractivity contribution is 6.30. The lowest BCUT2D eigenvalue weighted by Crippen LogP contribution is -2.18. The maximum Gasteiger partial charge on any atom is 0.151 e. The van der Waals surface area contributed by atoms with E-state index in [4.69, 9.17) is 11.6 Å². The van der Waals surface area contributed by atoms with Crippen LogP contribution < -0.4 is 5.32 Å². The van der Waals surface area contributed by atoms with Crippen LogP contribution in [0.5, 0.6) is 0 Å². The molecule has 0 bridgehead atoms. The van der Waals surface area contributed by atoms with E-state index in [1.807, 2.05) is 7.05 Å². The summed E-state index contributed by atoms with van der Waals surface area (Å²) in [5.41, 5.74) is 0.566. The number of halogens is 2. The first-order valence-corrected chi connectivity index (χ1v) is 6.02. The summed E-state index contributed by atoms with van der Waals surface area (Å²) in [7, 11) is 1.82. The predicted octanol–water partition coefficient (Wildman–Crippen LogP) is 1.94. The molecule has 0 aliphatic rings. The summed E-state index contributed by atoms with van der Waals surface area (Å²) >= 11 is 5.70. The molecule has 2 rings (SSSR count). The number of benzene rings is 1. The van der Waals surface area contributed by atoms with Gasteiger partial charge in [-0.15, -0.1) is 0 Å². The topological polar surface area (TPSA) is 42.7 Å². The Hall–Kier alpha value is -1.46. The van der Waals surface area contributed by atoms with E-state index in [1.54, 1.807) is 23.1 Å². The summed E-state index contributed by atoms with van der Waals surface area (Å²) in [5.74, 6) is 0.416. The molecule has 1 heterocycles. The van der Waals surface area contributed by atoms with E-state index < -0.39 is 0 Å².